The highest BCUT2D eigenvalue weighted by Crippen LogP contribution is 2.38. The summed E-state index contributed by atoms with van der Waals surface area (Å²) in [5, 5.41) is 14.6. The first-order valence-electron chi connectivity index (χ1n) is 6.71. The van der Waals surface area contributed by atoms with E-state index in [1.807, 2.05) is 6.07 Å². The topological polar surface area (TPSA) is 41.5 Å². The molecular weight excluding hydrogens is 226 g/mol. The van der Waals surface area contributed by atoms with Crippen LogP contribution in [0.5, 0.6) is 0 Å². The molecule has 2 N–H and O–H groups in total. The predicted octanol–water partition coefficient (Wildman–Crippen LogP) is 1.64. The summed E-state index contributed by atoms with van der Waals surface area (Å²) in [5.74, 6) is 0. The molecule has 3 rings (SSSR count). The number of aliphatic hydroxyl groups is 1. The third-order valence-corrected chi connectivity index (χ3v) is 4.38. The smallest absolute Gasteiger partial charge is 0.0930 e. The molecule has 2 heterocycles. The molecule has 0 radical (unpaired) electrons. The van der Waals surface area contributed by atoms with Gasteiger partial charge in [0.2, 0.25) is 0 Å². The lowest BCUT2D eigenvalue weighted by Gasteiger charge is -2.45. The van der Waals surface area contributed by atoms with Gasteiger partial charge in [-0.1, -0.05) is 18.2 Å². The van der Waals surface area contributed by atoms with Crippen LogP contribution in [0.1, 0.15) is 29.5 Å². The highest BCUT2D eigenvalue weighted by atomic mass is 16.5. The van der Waals surface area contributed by atoms with E-state index in [0.717, 1.165) is 18.4 Å². The molecule has 2 unspecified atom stereocenters. The van der Waals surface area contributed by atoms with Crippen molar-refractivity contribution in [3.05, 3.63) is 34.9 Å². The Balaban J connectivity index is 1.96. The lowest BCUT2D eigenvalue weighted by atomic mass is 9.76. The van der Waals surface area contributed by atoms with E-state index in [4.69, 9.17) is 4.74 Å². The van der Waals surface area contributed by atoms with Gasteiger partial charge < -0.3 is 15.2 Å². The second kappa shape index (κ2) is 4.34. The van der Waals surface area contributed by atoms with E-state index in [0.29, 0.717) is 13.2 Å². The van der Waals surface area contributed by atoms with E-state index < -0.39 is 5.60 Å². The molecule has 1 aromatic rings. The molecule has 1 aromatic carbocycles. The number of ether oxygens (including phenoxy) is 1. The molecule has 2 saturated heterocycles. The molecule has 2 bridgehead atoms. The molecule has 2 fully saturated rings. The number of nitrogens with one attached hydrogen (secondary N) is 1. The van der Waals surface area contributed by atoms with Crippen LogP contribution >= 0.6 is 0 Å². The highest BCUT2D eigenvalue weighted by Gasteiger charge is 2.42. The molecule has 2 aliphatic rings. The zero-order chi connectivity index (χ0) is 12.8. The van der Waals surface area contributed by atoms with E-state index >= 15 is 0 Å². The van der Waals surface area contributed by atoms with Gasteiger partial charge in [0.15, 0.2) is 0 Å². The number of aryl methyl sites for hydroxylation is 1. The summed E-state index contributed by atoms with van der Waals surface area (Å²) >= 11 is 0. The van der Waals surface area contributed by atoms with Gasteiger partial charge in [-0.15, -0.1) is 0 Å². The van der Waals surface area contributed by atoms with Gasteiger partial charge in [0.25, 0.3) is 0 Å². The van der Waals surface area contributed by atoms with Gasteiger partial charge in [0.05, 0.1) is 18.8 Å². The summed E-state index contributed by atoms with van der Waals surface area (Å²) in [6.07, 6.45) is 1.49. The number of rotatable bonds is 1. The van der Waals surface area contributed by atoms with Gasteiger partial charge in [0, 0.05) is 12.1 Å². The highest BCUT2D eigenvalue weighted by molar-refractivity contribution is 5.38. The lowest BCUT2D eigenvalue weighted by molar-refractivity contribution is -0.0805. The van der Waals surface area contributed by atoms with Crippen molar-refractivity contribution < 1.29 is 9.84 Å². The molecule has 2 aliphatic heterocycles. The maximum absolute atomic E-state index is 11.1. The molecule has 3 nitrogen and oxygen atoms in total. The maximum Gasteiger partial charge on any atom is 0.0930 e. The monoisotopic (exact) mass is 247 g/mol. The van der Waals surface area contributed by atoms with Crippen molar-refractivity contribution >= 4 is 0 Å². The first kappa shape index (κ1) is 12.2. The SMILES string of the molecule is Cc1cccc(C2(O)CC3COCC(C2)N3)c1C. The van der Waals surface area contributed by atoms with Gasteiger partial charge >= 0.3 is 0 Å². The molecule has 3 heteroatoms. The number of morpholine rings is 1. The summed E-state index contributed by atoms with van der Waals surface area (Å²) in [7, 11) is 0. The van der Waals surface area contributed by atoms with Crippen molar-refractivity contribution in [1.29, 1.82) is 0 Å². The Hall–Kier alpha value is -0.900. The van der Waals surface area contributed by atoms with E-state index in [2.05, 4.69) is 31.3 Å². The largest absolute Gasteiger partial charge is 0.385 e. The molecule has 0 spiro atoms. The van der Waals surface area contributed by atoms with Gasteiger partial charge in [-0.3, -0.25) is 0 Å². The molecule has 0 aromatic heterocycles. The minimum absolute atomic E-state index is 0.280. The fourth-order valence-electron chi connectivity index (χ4n) is 3.39. The minimum atomic E-state index is -0.694. The molecule has 0 amide bonds. The third-order valence-electron chi connectivity index (χ3n) is 4.38. The van der Waals surface area contributed by atoms with Crippen LogP contribution in [0.2, 0.25) is 0 Å². The first-order chi connectivity index (χ1) is 8.58. The molecular formula is C15H21NO2. The number of benzene rings is 1. The molecule has 0 saturated carbocycles. The van der Waals surface area contributed by atoms with E-state index in [1.54, 1.807) is 0 Å². The zero-order valence-corrected chi connectivity index (χ0v) is 11.1. The van der Waals surface area contributed by atoms with Crippen molar-refractivity contribution in [2.45, 2.75) is 44.4 Å². The van der Waals surface area contributed by atoms with Crippen molar-refractivity contribution in [2.75, 3.05) is 13.2 Å². The van der Waals surface area contributed by atoms with Gasteiger partial charge in [-0.25, -0.2) is 0 Å². The van der Waals surface area contributed by atoms with E-state index in [9.17, 15) is 5.11 Å². The van der Waals surface area contributed by atoms with Gasteiger partial charge in [-0.2, -0.15) is 0 Å². The summed E-state index contributed by atoms with van der Waals surface area (Å²) < 4.78 is 5.55. The standard InChI is InChI=1S/C15H21NO2/c1-10-4-3-5-14(11(10)2)15(17)6-12-8-18-9-13(7-15)16-12/h3-5,12-13,16-17H,6-9H2,1-2H3. The van der Waals surface area contributed by atoms with Crippen LogP contribution in [0.4, 0.5) is 0 Å². The van der Waals surface area contributed by atoms with Crippen molar-refractivity contribution in [3.8, 4) is 0 Å². The number of hydrogen-bond donors (Lipinski definition) is 2. The second-order valence-electron chi connectivity index (χ2n) is 5.79. The fourth-order valence-corrected chi connectivity index (χ4v) is 3.39. The third kappa shape index (κ3) is 1.96. The summed E-state index contributed by atoms with van der Waals surface area (Å²) in [5.41, 5.74) is 2.88. The molecule has 18 heavy (non-hydrogen) atoms. The van der Waals surface area contributed by atoms with Crippen LogP contribution in [-0.2, 0) is 10.3 Å². The lowest BCUT2D eigenvalue weighted by Crippen LogP contribution is -2.58. The van der Waals surface area contributed by atoms with Crippen LogP contribution in [-0.4, -0.2) is 30.4 Å². The summed E-state index contributed by atoms with van der Waals surface area (Å²) in [4.78, 5) is 0. The first-order valence-corrected chi connectivity index (χ1v) is 6.71. The van der Waals surface area contributed by atoms with Crippen LogP contribution in [0.25, 0.3) is 0 Å². The molecule has 0 aliphatic carbocycles. The second-order valence-corrected chi connectivity index (χ2v) is 5.79. The Bertz CT molecular complexity index is 446. The Morgan fingerprint density at radius 2 is 1.89 bits per heavy atom. The van der Waals surface area contributed by atoms with E-state index in [1.165, 1.54) is 11.1 Å². The quantitative estimate of drug-likeness (QED) is 0.792. The average Bonchev–Trinajstić information content (AvgIpc) is 2.32. The number of hydrogen-bond acceptors (Lipinski definition) is 3. The van der Waals surface area contributed by atoms with Gasteiger partial charge in [0.1, 0.15) is 0 Å². The molecule has 2 atom stereocenters. The Morgan fingerprint density at radius 3 is 2.56 bits per heavy atom. The minimum Gasteiger partial charge on any atom is -0.385 e. The molecule has 98 valence electrons. The maximum atomic E-state index is 11.1. The van der Waals surface area contributed by atoms with Crippen molar-refractivity contribution in [3.63, 3.8) is 0 Å². The van der Waals surface area contributed by atoms with E-state index in [-0.39, 0.29) is 12.1 Å². The zero-order valence-electron chi connectivity index (χ0n) is 11.1. The normalized spacial score (nSPS) is 35.5. The Labute approximate surface area is 108 Å². The van der Waals surface area contributed by atoms with Crippen molar-refractivity contribution in [2.24, 2.45) is 0 Å². The number of piperidine rings is 1. The van der Waals surface area contributed by atoms with Crippen molar-refractivity contribution in [1.82, 2.24) is 5.32 Å². The number of fused-ring (bicyclic) bond motifs is 2. The van der Waals surface area contributed by atoms with Crippen LogP contribution < -0.4 is 5.32 Å². The average molecular weight is 247 g/mol. The van der Waals surface area contributed by atoms with Crippen LogP contribution in [0, 0.1) is 13.8 Å². The van der Waals surface area contributed by atoms with Crippen LogP contribution in [0.3, 0.4) is 0 Å². The predicted molar refractivity (Wildman–Crippen MR) is 70.6 cm³/mol. The summed E-state index contributed by atoms with van der Waals surface area (Å²) in [6, 6.07) is 6.78. The van der Waals surface area contributed by atoms with Crippen LogP contribution in [0.15, 0.2) is 18.2 Å². The Kier molecular flexibility index (Phi) is 2.93. The van der Waals surface area contributed by atoms with Gasteiger partial charge in [-0.05, 0) is 43.4 Å². The Morgan fingerprint density at radius 1 is 1.22 bits per heavy atom. The fraction of sp³-hybridized carbons (Fsp3) is 0.600. The summed E-state index contributed by atoms with van der Waals surface area (Å²) in [6.45, 7) is 5.64.